The number of phenols is 2. The number of nitrogens with zero attached hydrogens (tertiary/aromatic N) is 2. The molecular weight excluding hydrogens is 270 g/mol. The van der Waals surface area contributed by atoms with Crippen LogP contribution in [0.3, 0.4) is 0 Å². The Labute approximate surface area is 124 Å². The quantitative estimate of drug-likeness (QED) is 0.676. The molecule has 0 saturated heterocycles. The Bertz CT molecular complexity index is 539. The number of hydrogen-bond donors (Lipinski definition) is 3. The SMILES string of the molecule is CCN(CC(C)C#N)C(=O)[C@@H](N)Cc1ccc(O)c(O)c1. The van der Waals surface area contributed by atoms with E-state index in [1.807, 2.05) is 6.92 Å². The van der Waals surface area contributed by atoms with Crippen LogP contribution in [0.2, 0.25) is 0 Å². The van der Waals surface area contributed by atoms with Crippen LogP contribution in [0.15, 0.2) is 18.2 Å². The molecule has 0 bridgehead atoms. The minimum Gasteiger partial charge on any atom is -0.504 e. The minimum atomic E-state index is -0.750. The van der Waals surface area contributed by atoms with E-state index < -0.39 is 6.04 Å². The van der Waals surface area contributed by atoms with Crippen LogP contribution in [0.5, 0.6) is 11.5 Å². The van der Waals surface area contributed by atoms with E-state index in [1.54, 1.807) is 17.9 Å². The number of phenolic OH excluding ortho intramolecular Hbond substituents is 2. The predicted molar refractivity (Wildman–Crippen MR) is 78.5 cm³/mol. The third-order valence-electron chi connectivity index (χ3n) is 3.22. The molecule has 0 aromatic heterocycles. The Kier molecular flexibility index (Phi) is 6.00. The van der Waals surface area contributed by atoms with Crippen molar-refractivity contribution in [2.45, 2.75) is 26.3 Å². The molecular formula is C15H21N3O3. The molecule has 1 unspecified atom stereocenters. The summed E-state index contributed by atoms with van der Waals surface area (Å²) in [5, 5.41) is 27.5. The van der Waals surface area contributed by atoms with Crippen molar-refractivity contribution in [1.29, 1.82) is 5.26 Å². The van der Waals surface area contributed by atoms with Crippen LogP contribution in [-0.4, -0.2) is 40.2 Å². The van der Waals surface area contributed by atoms with Gasteiger partial charge in [-0.1, -0.05) is 6.07 Å². The zero-order valence-corrected chi connectivity index (χ0v) is 12.3. The number of nitrogens with two attached hydrogens (primary N) is 1. The lowest BCUT2D eigenvalue weighted by molar-refractivity contribution is -0.132. The molecule has 0 aliphatic carbocycles. The molecule has 6 heteroatoms. The largest absolute Gasteiger partial charge is 0.504 e. The molecule has 0 radical (unpaired) electrons. The summed E-state index contributed by atoms with van der Waals surface area (Å²) in [5.41, 5.74) is 6.58. The monoisotopic (exact) mass is 291 g/mol. The fourth-order valence-electron chi connectivity index (χ4n) is 2.02. The van der Waals surface area contributed by atoms with E-state index in [-0.39, 0.29) is 29.7 Å². The van der Waals surface area contributed by atoms with Gasteiger partial charge in [0, 0.05) is 13.1 Å². The van der Waals surface area contributed by atoms with Gasteiger partial charge < -0.3 is 20.8 Å². The molecule has 2 atom stereocenters. The number of aromatic hydroxyl groups is 2. The Hall–Kier alpha value is -2.26. The zero-order valence-electron chi connectivity index (χ0n) is 12.3. The van der Waals surface area contributed by atoms with E-state index in [9.17, 15) is 15.0 Å². The molecule has 0 aliphatic rings. The molecule has 4 N–H and O–H groups in total. The molecule has 114 valence electrons. The summed E-state index contributed by atoms with van der Waals surface area (Å²) in [6.45, 7) is 4.42. The van der Waals surface area contributed by atoms with Crippen molar-refractivity contribution in [1.82, 2.24) is 4.90 Å². The second kappa shape index (κ2) is 7.50. The lowest BCUT2D eigenvalue weighted by atomic mass is 10.0. The average molecular weight is 291 g/mol. The van der Waals surface area contributed by atoms with Gasteiger partial charge in [-0.25, -0.2) is 0 Å². The number of carbonyl (C=O) groups is 1. The molecule has 1 aromatic carbocycles. The summed E-state index contributed by atoms with van der Waals surface area (Å²) in [4.78, 5) is 13.8. The van der Waals surface area contributed by atoms with E-state index >= 15 is 0 Å². The van der Waals surface area contributed by atoms with Crippen molar-refractivity contribution in [3.05, 3.63) is 23.8 Å². The molecule has 1 amide bonds. The lowest BCUT2D eigenvalue weighted by Crippen LogP contribution is -2.46. The number of hydrogen-bond acceptors (Lipinski definition) is 5. The smallest absolute Gasteiger partial charge is 0.239 e. The van der Waals surface area contributed by atoms with E-state index in [2.05, 4.69) is 6.07 Å². The molecule has 1 aromatic rings. The first kappa shape index (κ1) is 16.8. The van der Waals surface area contributed by atoms with Gasteiger partial charge in [-0.2, -0.15) is 5.26 Å². The van der Waals surface area contributed by atoms with Gasteiger partial charge in [0.05, 0.1) is 18.0 Å². The molecule has 0 aliphatic heterocycles. The highest BCUT2D eigenvalue weighted by atomic mass is 16.3. The Morgan fingerprint density at radius 1 is 1.43 bits per heavy atom. The normalized spacial score (nSPS) is 13.2. The number of amides is 1. The maximum atomic E-state index is 12.3. The second-order valence-electron chi connectivity index (χ2n) is 5.04. The van der Waals surface area contributed by atoms with Crippen LogP contribution in [0.1, 0.15) is 19.4 Å². The van der Waals surface area contributed by atoms with Crippen molar-refractivity contribution in [2.75, 3.05) is 13.1 Å². The molecule has 0 heterocycles. The molecule has 1 rings (SSSR count). The number of nitriles is 1. The topological polar surface area (TPSA) is 111 Å². The van der Waals surface area contributed by atoms with E-state index in [1.165, 1.54) is 12.1 Å². The molecule has 0 spiro atoms. The highest BCUT2D eigenvalue weighted by molar-refractivity contribution is 5.82. The van der Waals surface area contributed by atoms with E-state index in [0.29, 0.717) is 18.7 Å². The Morgan fingerprint density at radius 2 is 2.10 bits per heavy atom. The average Bonchev–Trinajstić information content (AvgIpc) is 2.47. The maximum absolute atomic E-state index is 12.3. The van der Waals surface area contributed by atoms with Crippen LogP contribution < -0.4 is 5.73 Å². The summed E-state index contributed by atoms with van der Waals surface area (Å²) in [6.07, 6.45) is 0.254. The first-order valence-electron chi connectivity index (χ1n) is 6.83. The molecule has 0 saturated carbocycles. The van der Waals surface area contributed by atoms with Gasteiger partial charge in [0.2, 0.25) is 5.91 Å². The summed E-state index contributed by atoms with van der Waals surface area (Å²) < 4.78 is 0. The van der Waals surface area contributed by atoms with Crippen LogP contribution in [-0.2, 0) is 11.2 Å². The summed E-state index contributed by atoms with van der Waals surface area (Å²) >= 11 is 0. The van der Waals surface area contributed by atoms with Crippen molar-refractivity contribution in [3.8, 4) is 17.6 Å². The van der Waals surface area contributed by atoms with Crippen molar-refractivity contribution in [3.63, 3.8) is 0 Å². The molecule has 21 heavy (non-hydrogen) atoms. The Morgan fingerprint density at radius 3 is 2.62 bits per heavy atom. The molecule has 0 fully saturated rings. The van der Waals surface area contributed by atoms with Crippen LogP contribution >= 0.6 is 0 Å². The number of carbonyl (C=O) groups excluding carboxylic acids is 1. The van der Waals surface area contributed by atoms with Gasteiger partial charge in [0.15, 0.2) is 11.5 Å². The third-order valence-corrected chi connectivity index (χ3v) is 3.22. The van der Waals surface area contributed by atoms with Crippen LogP contribution in [0.4, 0.5) is 0 Å². The van der Waals surface area contributed by atoms with Gasteiger partial charge in [0.1, 0.15) is 0 Å². The standard InChI is InChI=1S/C15H21N3O3/c1-3-18(9-10(2)8-16)15(21)12(17)6-11-4-5-13(19)14(20)7-11/h4-5,7,10,12,19-20H,3,6,9,17H2,1-2H3/t10?,12-/m0/s1. The summed E-state index contributed by atoms with van der Waals surface area (Å²) in [5.74, 6) is -0.930. The fraction of sp³-hybridized carbons (Fsp3) is 0.467. The summed E-state index contributed by atoms with van der Waals surface area (Å²) in [7, 11) is 0. The summed E-state index contributed by atoms with van der Waals surface area (Å²) in [6, 6.07) is 5.69. The second-order valence-corrected chi connectivity index (χ2v) is 5.04. The van der Waals surface area contributed by atoms with Crippen LogP contribution in [0, 0.1) is 17.2 Å². The molecule has 6 nitrogen and oxygen atoms in total. The maximum Gasteiger partial charge on any atom is 0.239 e. The first-order valence-corrected chi connectivity index (χ1v) is 6.83. The number of benzene rings is 1. The lowest BCUT2D eigenvalue weighted by Gasteiger charge is -2.25. The Balaban J connectivity index is 2.72. The van der Waals surface area contributed by atoms with E-state index in [4.69, 9.17) is 11.0 Å². The van der Waals surface area contributed by atoms with Gasteiger partial charge in [-0.05, 0) is 38.0 Å². The fourth-order valence-corrected chi connectivity index (χ4v) is 2.02. The first-order chi connectivity index (χ1) is 9.88. The highest BCUT2D eigenvalue weighted by Gasteiger charge is 2.22. The van der Waals surface area contributed by atoms with E-state index in [0.717, 1.165) is 0 Å². The van der Waals surface area contributed by atoms with Gasteiger partial charge in [-0.3, -0.25) is 4.79 Å². The highest BCUT2D eigenvalue weighted by Crippen LogP contribution is 2.25. The zero-order chi connectivity index (χ0) is 16.0. The van der Waals surface area contributed by atoms with Crippen LogP contribution in [0.25, 0.3) is 0 Å². The van der Waals surface area contributed by atoms with Gasteiger partial charge in [0.25, 0.3) is 0 Å². The van der Waals surface area contributed by atoms with Gasteiger partial charge >= 0.3 is 0 Å². The minimum absolute atomic E-state index is 0.211. The van der Waals surface area contributed by atoms with Crippen molar-refractivity contribution in [2.24, 2.45) is 11.7 Å². The predicted octanol–water partition coefficient (Wildman–Crippen LogP) is 0.976. The number of likely N-dealkylation sites (N-methyl/N-ethyl adjacent to an activating group) is 1. The third kappa shape index (κ3) is 4.65. The number of rotatable bonds is 6. The van der Waals surface area contributed by atoms with Crippen molar-refractivity contribution < 1.29 is 15.0 Å². The van der Waals surface area contributed by atoms with Crippen molar-refractivity contribution >= 4 is 5.91 Å². The van der Waals surface area contributed by atoms with Gasteiger partial charge in [-0.15, -0.1) is 0 Å².